The van der Waals surface area contributed by atoms with E-state index in [-0.39, 0.29) is 31.1 Å². The lowest BCUT2D eigenvalue weighted by Gasteiger charge is -2.10. The first-order chi connectivity index (χ1) is 11.1. The zero-order chi connectivity index (χ0) is 16.7. The van der Waals surface area contributed by atoms with E-state index in [0.29, 0.717) is 11.4 Å². The molecule has 2 rings (SSSR count). The van der Waals surface area contributed by atoms with Gasteiger partial charge < -0.3 is 20.2 Å². The molecule has 23 heavy (non-hydrogen) atoms. The predicted molar refractivity (Wildman–Crippen MR) is 82.9 cm³/mol. The Labute approximate surface area is 132 Å². The zero-order valence-electron chi connectivity index (χ0n) is 12.3. The smallest absolute Gasteiger partial charge is 0.292 e. The Kier molecular flexibility index (Phi) is 5.70. The van der Waals surface area contributed by atoms with Crippen LogP contribution in [0.2, 0.25) is 0 Å². The molecule has 0 bridgehead atoms. The maximum atomic E-state index is 11.7. The Balaban J connectivity index is 1.74. The van der Waals surface area contributed by atoms with Crippen LogP contribution < -0.4 is 10.6 Å². The fourth-order valence-corrected chi connectivity index (χ4v) is 1.97. The van der Waals surface area contributed by atoms with Gasteiger partial charge >= 0.3 is 0 Å². The lowest BCUT2D eigenvalue weighted by molar-refractivity contribution is -0.384. The predicted octanol–water partition coefficient (Wildman–Crippen LogP) is 1.84. The number of nitrogens with one attached hydrogen (secondary N) is 2. The van der Waals surface area contributed by atoms with Crippen LogP contribution in [0.4, 0.5) is 11.4 Å². The van der Waals surface area contributed by atoms with Crippen LogP contribution in [0.15, 0.2) is 47.1 Å². The Morgan fingerprint density at radius 3 is 2.78 bits per heavy atom. The molecule has 2 aromatic rings. The van der Waals surface area contributed by atoms with Gasteiger partial charge in [-0.15, -0.1) is 0 Å². The number of nitro groups is 1. The molecule has 0 aliphatic rings. The van der Waals surface area contributed by atoms with Crippen molar-refractivity contribution < 1.29 is 19.2 Å². The molecule has 1 unspecified atom stereocenters. The van der Waals surface area contributed by atoms with E-state index in [0.717, 1.165) is 0 Å². The number of hydrogen-bond acceptors (Lipinski definition) is 6. The van der Waals surface area contributed by atoms with E-state index < -0.39 is 11.0 Å². The standard InChI is InChI=1S/C15H17N3O5/c19-13(14-6-3-9-23-14)10-17-15(20)7-8-16-11-4-1-2-5-12(11)18(21)22/h1-6,9,13,16,19H,7-8,10H2,(H,17,20). The van der Waals surface area contributed by atoms with E-state index in [1.165, 1.54) is 12.3 Å². The quantitative estimate of drug-likeness (QED) is 0.505. The third-order valence-electron chi connectivity index (χ3n) is 3.13. The van der Waals surface area contributed by atoms with Gasteiger partial charge in [0.15, 0.2) is 0 Å². The molecule has 0 spiro atoms. The number of furan rings is 1. The summed E-state index contributed by atoms with van der Waals surface area (Å²) in [7, 11) is 0. The maximum absolute atomic E-state index is 11.7. The van der Waals surface area contributed by atoms with Gasteiger partial charge in [0.1, 0.15) is 17.6 Å². The highest BCUT2D eigenvalue weighted by molar-refractivity contribution is 5.76. The summed E-state index contributed by atoms with van der Waals surface area (Å²) >= 11 is 0. The number of nitrogens with zero attached hydrogens (tertiary/aromatic N) is 1. The highest BCUT2D eigenvalue weighted by Gasteiger charge is 2.13. The second kappa shape index (κ2) is 7.95. The summed E-state index contributed by atoms with van der Waals surface area (Å²) < 4.78 is 5.02. The Bertz CT molecular complexity index is 657. The first-order valence-corrected chi connectivity index (χ1v) is 7.03. The van der Waals surface area contributed by atoms with Crippen LogP contribution in [0.5, 0.6) is 0 Å². The topological polar surface area (TPSA) is 118 Å². The summed E-state index contributed by atoms with van der Waals surface area (Å²) in [6.07, 6.45) is 0.658. The van der Waals surface area contributed by atoms with Crippen LogP contribution in [0.25, 0.3) is 0 Å². The van der Waals surface area contributed by atoms with Crippen molar-refractivity contribution in [1.82, 2.24) is 5.32 Å². The van der Waals surface area contributed by atoms with E-state index in [1.807, 2.05) is 0 Å². The normalized spacial score (nSPS) is 11.7. The number of nitro benzene ring substituents is 1. The number of aliphatic hydroxyl groups excluding tert-OH is 1. The van der Waals surface area contributed by atoms with Crippen LogP contribution in [0, 0.1) is 10.1 Å². The summed E-state index contributed by atoms with van der Waals surface area (Å²) in [6.45, 7) is 0.283. The first-order valence-electron chi connectivity index (χ1n) is 7.03. The molecule has 1 aromatic heterocycles. The first kappa shape index (κ1) is 16.5. The van der Waals surface area contributed by atoms with Crippen molar-refractivity contribution in [3.05, 3.63) is 58.5 Å². The van der Waals surface area contributed by atoms with Crippen LogP contribution in [-0.4, -0.2) is 29.0 Å². The van der Waals surface area contributed by atoms with Gasteiger partial charge in [-0.25, -0.2) is 0 Å². The molecular weight excluding hydrogens is 302 g/mol. The number of hydrogen-bond donors (Lipinski definition) is 3. The van der Waals surface area contributed by atoms with Crippen molar-refractivity contribution in [2.75, 3.05) is 18.4 Å². The van der Waals surface area contributed by atoms with Gasteiger partial charge in [-0.1, -0.05) is 12.1 Å². The molecule has 122 valence electrons. The number of benzene rings is 1. The molecule has 0 radical (unpaired) electrons. The largest absolute Gasteiger partial charge is 0.467 e. The van der Waals surface area contributed by atoms with Gasteiger partial charge in [-0.2, -0.15) is 0 Å². The van der Waals surface area contributed by atoms with E-state index in [2.05, 4.69) is 10.6 Å². The van der Waals surface area contributed by atoms with E-state index in [4.69, 9.17) is 4.42 Å². The third kappa shape index (κ3) is 4.82. The van der Waals surface area contributed by atoms with Crippen molar-refractivity contribution in [3.8, 4) is 0 Å². The molecule has 1 amide bonds. The van der Waals surface area contributed by atoms with E-state index in [1.54, 1.807) is 30.3 Å². The average Bonchev–Trinajstić information content (AvgIpc) is 3.07. The molecule has 8 nitrogen and oxygen atoms in total. The molecule has 3 N–H and O–H groups in total. The van der Waals surface area contributed by atoms with E-state index in [9.17, 15) is 20.0 Å². The fourth-order valence-electron chi connectivity index (χ4n) is 1.97. The SMILES string of the molecule is O=C(CCNc1ccccc1[N+](=O)[O-])NCC(O)c1ccco1. The highest BCUT2D eigenvalue weighted by Crippen LogP contribution is 2.22. The van der Waals surface area contributed by atoms with Crippen LogP contribution >= 0.6 is 0 Å². The number of aliphatic hydroxyl groups is 1. The lowest BCUT2D eigenvalue weighted by atomic mass is 10.2. The molecular formula is C15H17N3O5. The molecule has 1 atom stereocenters. The van der Waals surface area contributed by atoms with Crippen LogP contribution in [-0.2, 0) is 4.79 Å². The molecule has 1 heterocycles. The van der Waals surface area contributed by atoms with Gasteiger partial charge in [0.05, 0.1) is 17.7 Å². The fraction of sp³-hybridized carbons (Fsp3) is 0.267. The van der Waals surface area contributed by atoms with Gasteiger partial charge in [-0.05, 0) is 18.2 Å². The Morgan fingerprint density at radius 1 is 1.30 bits per heavy atom. The van der Waals surface area contributed by atoms with Gasteiger partial charge in [0, 0.05) is 19.0 Å². The van der Waals surface area contributed by atoms with Crippen molar-refractivity contribution in [2.45, 2.75) is 12.5 Å². The Morgan fingerprint density at radius 2 is 2.09 bits per heavy atom. The van der Waals surface area contributed by atoms with Crippen LogP contribution in [0.1, 0.15) is 18.3 Å². The second-order valence-corrected chi connectivity index (χ2v) is 4.79. The number of carbonyl (C=O) groups is 1. The number of rotatable bonds is 8. The Hall–Kier alpha value is -2.87. The molecule has 0 fully saturated rings. The van der Waals surface area contributed by atoms with Crippen molar-refractivity contribution >= 4 is 17.3 Å². The molecule has 1 aromatic carbocycles. The minimum atomic E-state index is -0.905. The third-order valence-corrected chi connectivity index (χ3v) is 3.13. The monoisotopic (exact) mass is 319 g/mol. The summed E-state index contributed by atoms with van der Waals surface area (Å²) in [5, 5.41) is 26.0. The summed E-state index contributed by atoms with van der Waals surface area (Å²) in [4.78, 5) is 22.1. The van der Waals surface area contributed by atoms with Gasteiger partial charge in [0.2, 0.25) is 5.91 Å². The average molecular weight is 319 g/mol. The summed E-state index contributed by atoms with van der Waals surface area (Å²) in [5.74, 6) is 0.102. The summed E-state index contributed by atoms with van der Waals surface area (Å²) in [5.41, 5.74) is 0.321. The van der Waals surface area contributed by atoms with Crippen molar-refractivity contribution in [2.24, 2.45) is 0 Å². The second-order valence-electron chi connectivity index (χ2n) is 4.79. The molecule has 8 heteroatoms. The molecule has 0 aliphatic heterocycles. The molecule has 0 saturated carbocycles. The zero-order valence-corrected chi connectivity index (χ0v) is 12.3. The van der Waals surface area contributed by atoms with Gasteiger partial charge in [0.25, 0.3) is 5.69 Å². The molecule has 0 aliphatic carbocycles. The number of para-hydroxylation sites is 2. The van der Waals surface area contributed by atoms with Crippen molar-refractivity contribution in [3.63, 3.8) is 0 Å². The van der Waals surface area contributed by atoms with Crippen molar-refractivity contribution in [1.29, 1.82) is 0 Å². The van der Waals surface area contributed by atoms with E-state index >= 15 is 0 Å². The number of anilines is 1. The molecule has 0 saturated heterocycles. The minimum Gasteiger partial charge on any atom is -0.467 e. The summed E-state index contributed by atoms with van der Waals surface area (Å²) in [6, 6.07) is 9.49. The van der Waals surface area contributed by atoms with Gasteiger partial charge in [-0.3, -0.25) is 14.9 Å². The highest BCUT2D eigenvalue weighted by atomic mass is 16.6. The number of carbonyl (C=O) groups excluding carboxylic acids is 1. The maximum Gasteiger partial charge on any atom is 0.292 e. The minimum absolute atomic E-state index is 0.0395. The van der Waals surface area contributed by atoms with Crippen LogP contribution in [0.3, 0.4) is 0 Å². The lowest BCUT2D eigenvalue weighted by Crippen LogP contribution is -2.29. The number of amides is 1.